The molecule has 4 heterocycles. The molecule has 21 heteroatoms. The monoisotopic (exact) mass is 1390 g/mol. The smallest absolute Gasteiger partial charge is 0.320 e. The van der Waals surface area contributed by atoms with E-state index in [2.05, 4.69) is 61.4 Å². The van der Waals surface area contributed by atoms with Crippen molar-refractivity contribution in [2.75, 3.05) is 96.9 Å². The summed E-state index contributed by atoms with van der Waals surface area (Å²) in [7, 11) is 0. The fourth-order valence-corrected chi connectivity index (χ4v) is 15.9. The zero-order valence-corrected chi connectivity index (χ0v) is 61.9. The molecule has 3 aliphatic carbocycles. The third-order valence-electron chi connectivity index (χ3n) is 20.2. The summed E-state index contributed by atoms with van der Waals surface area (Å²) in [5.41, 5.74) is 3.01. The first-order valence-corrected chi connectivity index (χ1v) is 36.8. The van der Waals surface area contributed by atoms with Gasteiger partial charge in [0.05, 0.1) is 42.9 Å². The van der Waals surface area contributed by atoms with E-state index in [0.29, 0.717) is 114 Å². The summed E-state index contributed by atoms with van der Waals surface area (Å²) in [4.78, 5) is 93.1. The van der Waals surface area contributed by atoms with Gasteiger partial charge in [0.15, 0.2) is 17.6 Å². The number of aliphatic hydroxyl groups is 1. The molecule has 0 radical (unpaired) electrons. The highest BCUT2D eigenvalue weighted by molar-refractivity contribution is 5.91. The van der Waals surface area contributed by atoms with Gasteiger partial charge >= 0.3 is 23.9 Å². The highest BCUT2D eigenvalue weighted by Gasteiger charge is 2.73. The minimum Gasteiger partial charge on any atom is -0.485 e. The standard InChI is InChI=1S/C80H110N8O13/c1-75(2,3)98-67(91)49-83-37-38-84(50-68(92)99-76(4,5)6)41-42-86(52-70(94)101-78(10,11)12)59(47-85(40-39-83)51-69(93)100-77(7,8)9)43-54-28-31-58(32-29-54)82-65(89)25-17-14-20-35-81-66(90)48-88-62-24-19-18-23-60(62)61-45-80(95)64-44-57-30-33-63(96-53-56-21-15-13-16-22-56)73-71(57)79(80,74(97-73)72(61)88)34-36-87(64)46-55-26-27-55/h13,15-16,18-19,21-24,28-33,55,59,64,74,95H,14,17,20,25-27,34-53H2,1-12H3,(H,81,90)(H,82,89)/t59?,64?,74-,79?,80+/m0/s1. The van der Waals surface area contributed by atoms with Gasteiger partial charge in [0.2, 0.25) is 11.8 Å². The Bertz CT molecular complexity index is 3770. The summed E-state index contributed by atoms with van der Waals surface area (Å²) in [6, 6.07) is 29.8. The van der Waals surface area contributed by atoms with Crippen LogP contribution < -0.4 is 20.1 Å². The number of unbranched alkanes of at least 4 members (excludes halogenated alkanes) is 2. The van der Waals surface area contributed by atoms with E-state index in [1.54, 1.807) is 0 Å². The molecular weight excluding hydrogens is 1280 g/mol. The number of hydrogen-bond acceptors (Lipinski definition) is 18. The van der Waals surface area contributed by atoms with Crippen molar-refractivity contribution in [3.05, 3.63) is 125 Å². The summed E-state index contributed by atoms with van der Waals surface area (Å²) in [6.07, 6.45) is 6.55. The minimum absolute atomic E-state index is 0.0114. The van der Waals surface area contributed by atoms with E-state index in [-0.39, 0.29) is 57.0 Å². The van der Waals surface area contributed by atoms with E-state index in [1.165, 1.54) is 18.4 Å². The van der Waals surface area contributed by atoms with Crippen LogP contribution in [0.1, 0.15) is 168 Å². The first kappa shape index (κ1) is 74.8. The molecule has 21 nitrogen and oxygen atoms in total. The molecule has 3 N–H and O–H groups in total. The first-order chi connectivity index (χ1) is 47.8. The number of amides is 2. The van der Waals surface area contributed by atoms with Crippen LogP contribution in [0.3, 0.4) is 0 Å². The largest absolute Gasteiger partial charge is 0.485 e. The summed E-state index contributed by atoms with van der Waals surface area (Å²) in [5, 5.41) is 21.1. The Balaban J connectivity index is 0.741. The van der Waals surface area contributed by atoms with Crippen molar-refractivity contribution in [1.82, 2.24) is 34.4 Å². The number of esters is 4. The maximum Gasteiger partial charge on any atom is 0.320 e. The van der Waals surface area contributed by atoms with Gasteiger partial charge in [0.25, 0.3) is 0 Å². The molecule has 2 saturated heterocycles. The fourth-order valence-electron chi connectivity index (χ4n) is 15.9. The second-order valence-electron chi connectivity index (χ2n) is 33.0. The molecule has 5 atom stereocenters. The molecule has 1 aromatic heterocycles. The van der Waals surface area contributed by atoms with Crippen LogP contribution in [0.2, 0.25) is 0 Å². The van der Waals surface area contributed by atoms with E-state index in [0.717, 1.165) is 64.8 Å². The van der Waals surface area contributed by atoms with Gasteiger partial charge in [-0.2, -0.15) is 0 Å². The number of benzene rings is 4. The highest BCUT2D eigenvalue weighted by Crippen LogP contribution is 2.69. The highest BCUT2D eigenvalue weighted by atomic mass is 16.6. The summed E-state index contributed by atoms with van der Waals surface area (Å²) >= 11 is 0. The molecule has 548 valence electrons. The SMILES string of the molecule is CC(C)(C)OC(=O)CN1CCN(CC(=O)OC(C)(C)C)CCN(CC(=O)OC(C)(C)C)C(Cc2ccc(NC(=O)CCCCCNC(=O)Cn3c4c(c5ccccc53)C[C@@]3(O)C5Cc6ccc(OCc7ccccc7)c7c6C3(CCN5CC3CC3)[C@H]4O7)cc2)CN(CC(=O)OC(C)(C)C)CC1. The summed E-state index contributed by atoms with van der Waals surface area (Å²) < 4.78 is 39.5. The maximum absolute atomic E-state index is 14.3. The van der Waals surface area contributed by atoms with Crippen molar-refractivity contribution in [1.29, 1.82) is 0 Å². The number of likely N-dealkylation sites (tertiary alicyclic amines) is 1. The number of rotatable bonds is 24. The number of para-hydroxylation sites is 1. The molecule has 1 saturated carbocycles. The van der Waals surface area contributed by atoms with Crippen molar-refractivity contribution in [2.24, 2.45) is 5.92 Å². The van der Waals surface area contributed by atoms with E-state index in [4.69, 9.17) is 28.4 Å². The Morgan fingerprint density at radius 1 is 0.594 bits per heavy atom. The molecule has 2 amide bonds. The van der Waals surface area contributed by atoms with Crippen molar-refractivity contribution in [2.45, 2.75) is 212 Å². The lowest BCUT2D eigenvalue weighted by molar-refractivity contribution is -0.173. The average Bonchev–Trinajstić information content (AvgIpc) is 1.52. The van der Waals surface area contributed by atoms with Crippen LogP contribution in [0.15, 0.2) is 91.0 Å². The van der Waals surface area contributed by atoms with Crippen molar-refractivity contribution < 1.29 is 62.3 Å². The number of anilines is 1. The topological polar surface area (TPSA) is 223 Å². The summed E-state index contributed by atoms with van der Waals surface area (Å²) in [5.74, 6) is 0.168. The van der Waals surface area contributed by atoms with Crippen LogP contribution in [0.4, 0.5) is 5.69 Å². The van der Waals surface area contributed by atoms with Crippen LogP contribution in [-0.4, -0.2) is 202 Å². The number of nitrogens with one attached hydrogen (secondary N) is 2. The molecule has 5 aromatic rings. The van der Waals surface area contributed by atoms with Crippen molar-refractivity contribution in [3.63, 3.8) is 0 Å². The number of hydrogen-bond donors (Lipinski definition) is 3. The third kappa shape index (κ3) is 18.9. The number of piperidine rings is 1. The molecular formula is C80H110N8O13. The van der Waals surface area contributed by atoms with Gasteiger partial charge in [-0.3, -0.25) is 53.3 Å². The Hall–Kier alpha value is -7.40. The Morgan fingerprint density at radius 2 is 1.18 bits per heavy atom. The van der Waals surface area contributed by atoms with Crippen LogP contribution >= 0.6 is 0 Å². The van der Waals surface area contributed by atoms with Gasteiger partial charge < -0.3 is 48.7 Å². The summed E-state index contributed by atoms with van der Waals surface area (Å²) in [6.45, 7) is 27.0. The van der Waals surface area contributed by atoms with Crippen LogP contribution in [0, 0.1) is 5.92 Å². The van der Waals surface area contributed by atoms with Gasteiger partial charge in [-0.25, -0.2) is 0 Å². The quantitative estimate of drug-likeness (QED) is 0.0297. The first-order valence-electron chi connectivity index (χ1n) is 36.8. The number of nitrogens with zero attached hydrogens (tertiary/aromatic N) is 6. The zero-order chi connectivity index (χ0) is 72.2. The number of ether oxygens (including phenoxy) is 6. The number of fused-ring (bicyclic) bond motifs is 4. The molecule has 3 aliphatic heterocycles. The molecule has 4 aromatic carbocycles. The fraction of sp³-hybridized carbons (Fsp3) is 0.600. The second kappa shape index (κ2) is 30.9. The number of carbonyl (C=O) groups is 6. The van der Waals surface area contributed by atoms with E-state index >= 15 is 0 Å². The predicted molar refractivity (Wildman–Crippen MR) is 388 cm³/mol. The molecule has 3 unspecified atom stereocenters. The minimum atomic E-state index is -1.12. The zero-order valence-electron chi connectivity index (χ0n) is 61.9. The lowest BCUT2D eigenvalue weighted by atomic mass is 9.49. The second-order valence-corrected chi connectivity index (χ2v) is 33.0. The Kier molecular flexibility index (Phi) is 22.9. The molecule has 11 rings (SSSR count). The lowest BCUT2D eigenvalue weighted by Gasteiger charge is -2.63. The van der Waals surface area contributed by atoms with E-state index < -0.39 is 69.4 Å². The Morgan fingerprint density at radius 3 is 1.80 bits per heavy atom. The molecule has 6 aliphatic rings. The predicted octanol–water partition coefficient (Wildman–Crippen LogP) is 9.73. The molecule has 2 bridgehead atoms. The van der Waals surface area contributed by atoms with Crippen LogP contribution in [0.25, 0.3) is 10.9 Å². The number of aromatic nitrogens is 1. The maximum atomic E-state index is 14.3. The van der Waals surface area contributed by atoms with Gasteiger partial charge in [-0.05, 0) is 187 Å². The molecule has 101 heavy (non-hydrogen) atoms. The third-order valence-corrected chi connectivity index (χ3v) is 20.2. The van der Waals surface area contributed by atoms with Gasteiger partial charge in [0, 0.05) is 106 Å². The Labute approximate surface area is 597 Å². The average molecular weight is 1390 g/mol. The lowest BCUT2D eigenvalue weighted by Crippen LogP contribution is -2.74. The van der Waals surface area contributed by atoms with Gasteiger partial charge in [0.1, 0.15) is 35.6 Å². The van der Waals surface area contributed by atoms with Crippen molar-refractivity contribution >= 4 is 52.3 Å². The van der Waals surface area contributed by atoms with E-state index in [1.807, 2.05) is 152 Å². The van der Waals surface area contributed by atoms with Gasteiger partial charge in [-0.15, -0.1) is 0 Å². The molecule has 3 fully saturated rings. The van der Waals surface area contributed by atoms with E-state index in [9.17, 15) is 33.9 Å². The number of carbonyl (C=O) groups excluding carboxylic acids is 6. The van der Waals surface area contributed by atoms with Crippen molar-refractivity contribution in [3.8, 4) is 11.5 Å². The molecule has 1 spiro atoms. The van der Waals surface area contributed by atoms with Crippen LogP contribution in [0.5, 0.6) is 11.5 Å². The van der Waals surface area contributed by atoms with Gasteiger partial charge in [-0.1, -0.05) is 73.2 Å². The van der Waals surface area contributed by atoms with Crippen LogP contribution in [-0.2, 0) is 85.5 Å². The normalized spacial score (nSPS) is 22.4.